The van der Waals surface area contributed by atoms with Crippen molar-refractivity contribution in [2.75, 3.05) is 19.8 Å². The third-order valence-corrected chi connectivity index (χ3v) is 3.33. The molecule has 0 heterocycles. The van der Waals surface area contributed by atoms with E-state index in [9.17, 15) is 14.4 Å². The van der Waals surface area contributed by atoms with Gasteiger partial charge in [0.25, 0.3) is 5.91 Å². The number of nitrogens with two attached hydrogens (primary N) is 1. The minimum absolute atomic E-state index is 0.316. The molecule has 2 aromatic rings. The number of amides is 2. The van der Waals surface area contributed by atoms with Gasteiger partial charge in [0.1, 0.15) is 5.75 Å². The zero-order valence-electron chi connectivity index (χ0n) is 12.6. The molecule has 0 aliphatic carbocycles. The van der Waals surface area contributed by atoms with E-state index < -0.39 is 24.4 Å². The van der Waals surface area contributed by atoms with Crippen molar-refractivity contribution in [3.8, 4) is 5.75 Å². The summed E-state index contributed by atoms with van der Waals surface area (Å²) in [5.41, 5.74) is 4.87. The Morgan fingerprint density at radius 1 is 1.04 bits per heavy atom. The Morgan fingerprint density at radius 3 is 2.46 bits per heavy atom. The standard InChI is InChI=1S/C16H15ClN2O5/c17-12-5-6-13(11-4-2-1-3-10(11)12)23-9-16(22)24-8-15(21)19-7-14(18)20/h1-6H,7-9H2,(H2,18,20)(H,19,21). The Labute approximate surface area is 142 Å². The molecule has 0 saturated carbocycles. The number of hydrogen-bond acceptors (Lipinski definition) is 5. The quantitative estimate of drug-likeness (QED) is 0.725. The SMILES string of the molecule is NC(=O)CNC(=O)COC(=O)COc1ccc(Cl)c2ccccc12. The van der Waals surface area contributed by atoms with Gasteiger partial charge in [0.15, 0.2) is 13.2 Å². The molecule has 0 aromatic heterocycles. The average Bonchev–Trinajstić information content (AvgIpc) is 2.57. The van der Waals surface area contributed by atoms with Gasteiger partial charge in [0, 0.05) is 15.8 Å². The van der Waals surface area contributed by atoms with E-state index in [0.717, 1.165) is 10.8 Å². The van der Waals surface area contributed by atoms with Gasteiger partial charge in [0.2, 0.25) is 5.91 Å². The third-order valence-electron chi connectivity index (χ3n) is 3.00. The first-order valence-corrected chi connectivity index (χ1v) is 7.36. The lowest BCUT2D eigenvalue weighted by Gasteiger charge is -2.10. The van der Waals surface area contributed by atoms with Gasteiger partial charge in [-0.2, -0.15) is 0 Å². The maximum atomic E-state index is 11.6. The summed E-state index contributed by atoms with van der Waals surface area (Å²) in [4.78, 5) is 33.4. The number of fused-ring (bicyclic) bond motifs is 1. The topological polar surface area (TPSA) is 108 Å². The van der Waals surface area contributed by atoms with E-state index in [1.165, 1.54) is 0 Å². The molecule has 3 N–H and O–H groups in total. The summed E-state index contributed by atoms with van der Waals surface area (Å²) < 4.78 is 10.2. The van der Waals surface area contributed by atoms with Crippen LogP contribution in [0.15, 0.2) is 36.4 Å². The number of nitrogens with one attached hydrogen (secondary N) is 1. The Balaban J connectivity index is 1.87. The van der Waals surface area contributed by atoms with E-state index in [-0.39, 0.29) is 13.2 Å². The zero-order valence-corrected chi connectivity index (χ0v) is 13.3. The van der Waals surface area contributed by atoms with Crippen LogP contribution in [0.25, 0.3) is 10.8 Å². The van der Waals surface area contributed by atoms with Crippen LogP contribution < -0.4 is 15.8 Å². The molecule has 8 heteroatoms. The van der Waals surface area contributed by atoms with Gasteiger partial charge < -0.3 is 20.5 Å². The second-order valence-corrected chi connectivity index (χ2v) is 5.19. The van der Waals surface area contributed by atoms with Crippen molar-refractivity contribution in [2.45, 2.75) is 0 Å². The smallest absolute Gasteiger partial charge is 0.344 e. The molecule has 0 saturated heterocycles. The Kier molecular flexibility index (Phi) is 5.97. The van der Waals surface area contributed by atoms with E-state index in [1.807, 2.05) is 24.3 Å². The summed E-state index contributed by atoms with van der Waals surface area (Å²) in [6, 6.07) is 10.6. The molecule has 2 aromatic carbocycles. The number of rotatable bonds is 7. The van der Waals surface area contributed by atoms with Gasteiger partial charge in [-0.1, -0.05) is 35.9 Å². The van der Waals surface area contributed by atoms with Crippen molar-refractivity contribution in [3.63, 3.8) is 0 Å². The zero-order chi connectivity index (χ0) is 17.5. The van der Waals surface area contributed by atoms with Crippen LogP contribution >= 0.6 is 11.6 Å². The average molecular weight is 351 g/mol. The highest BCUT2D eigenvalue weighted by Crippen LogP contribution is 2.31. The van der Waals surface area contributed by atoms with Crippen LogP contribution in [-0.4, -0.2) is 37.5 Å². The van der Waals surface area contributed by atoms with E-state index in [0.29, 0.717) is 10.8 Å². The number of halogens is 1. The lowest BCUT2D eigenvalue weighted by Crippen LogP contribution is -2.36. The molecular formula is C16H15ClN2O5. The molecule has 0 unspecified atom stereocenters. The van der Waals surface area contributed by atoms with E-state index in [2.05, 4.69) is 5.32 Å². The van der Waals surface area contributed by atoms with Gasteiger partial charge in [0.05, 0.1) is 6.54 Å². The largest absolute Gasteiger partial charge is 0.481 e. The van der Waals surface area contributed by atoms with Crippen LogP contribution in [-0.2, 0) is 19.1 Å². The van der Waals surface area contributed by atoms with Crippen molar-refractivity contribution >= 4 is 40.2 Å². The van der Waals surface area contributed by atoms with Gasteiger partial charge in [-0.05, 0) is 12.1 Å². The predicted octanol–water partition coefficient (Wildman–Crippen LogP) is 1.02. The highest BCUT2D eigenvalue weighted by Gasteiger charge is 2.11. The van der Waals surface area contributed by atoms with Crippen molar-refractivity contribution in [1.29, 1.82) is 0 Å². The molecule has 0 spiro atoms. The van der Waals surface area contributed by atoms with Crippen molar-refractivity contribution in [2.24, 2.45) is 5.73 Å². The summed E-state index contributed by atoms with van der Waals surface area (Å²) in [6.07, 6.45) is 0. The highest BCUT2D eigenvalue weighted by atomic mass is 35.5. The van der Waals surface area contributed by atoms with E-state index in [1.54, 1.807) is 12.1 Å². The fourth-order valence-corrected chi connectivity index (χ4v) is 2.15. The van der Waals surface area contributed by atoms with E-state index in [4.69, 9.17) is 26.8 Å². The third kappa shape index (κ3) is 4.85. The highest BCUT2D eigenvalue weighted by molar-refractivity contribution is 6.35. The first-order valence-electron chi connectivity index (χ1n) is 6.98. The minimum atomic E-state index is -0.719. The van der Waals surface area contributed by atoms with Crippen LogP contribution in [0, 0.1) is 0 Å². The molecule has 126 valence electrons. The number of primary amides is 1. The number of ether oxygens (including phenoxy) is 2. The second-order valence-electron chi connectivity index (χ2n) is 4.78. The molecule has 0 fully saturated rings. The molecule has 7 nitrogen and oxygen atoms in total. The molecular weight excluding hydrogens is 336 g/mol. The van der Waals surface area contributed by atoms with Crippen molar-refractivity contribution < 1.29 is 23.9 Å². The summed E-state index contributed by atoms with van der Waals surface area (Å²) in [5, 5.41) is 4.33. The maximum absolute atomic E-state index is 11.6. The second kappa shape index (κ2) is 8.16. The first kappa shape index (κ1) is 17.6. The Hall–Kier alpha value is -2.80. The van der Waals surface area contributed by atoms with Crippen LogP contribution in [0.4, 0.5) is 0 Å². The molecule has 0 bridgehead atoms. The Morgan fingerprint density at radius 2 is 1.75 bits per heavy atom. The normalized spacial score (nSPS) is 10.2. The lowest BCUT2D eigenvalue weighted by atomic mass is 10.1. The summed E-state index contributed by atoms with van der Waals surface area (Å²) >= 11 is 6.10. The lowest BCUT2D eigenvalue weighted by molar-refractivity contribution is -0.150. The van der Waals surface area contributed by atoms with Crippen molar-refractivity contribution in [3.05, 3.63) is 41.4 Å². The molecule has 0 radical (unpaired) electrons. The van der Waals surface area contributed by atoms with Crippen LogP contribution in [0.5, 0.6) is 5.75 Å². The van der Waals surface area contributed by atoms with Crippen LogP contribution in [0.2, 0.25) is 5.02 Å². The molecule has 24 heavy (non-hydrogen) atoms. The Bertz CT molecular complexity index is 778. The molecule has 0 aliphatic heterocycles. The van der Waals surface area contributed by atoms with Crippen molar-refractivity contribution in [1.82, 2.24) is 5.32 Å². The first-order chi connectivity index (χ1) is 11.5. The number of carbonyl (C=O) groups excluding carboxylic acids is 3. The molecule has 0 atom stereocenters. The summed E-state index contributed by atoms with van der Waals surface area (Å²) in [6.45, 7) is -1.20. The van der Waals surface area contributed by atoms with Crippen LogP contribution in [0.3, 0.4) is 0 Å². The van der Waals surface area contributed by atoms with Gasteiger partial charge in [-0.3, -0.25) is 9.59 Å². The summed E-state index contributed by atoms with van der Waals surface area (Å²) in [7, 11) is 0. The fraction of sp³-hybridized carbons (Fsp3) is 0.188. The molecule has 2 rings (SSSR count). The summed E-state index contributed by atoms with van der Waals surface area (Å²) in [5.74, 6) is -1.56. The van der Waals surface area contributed by atoms with E-state index >= 15 is 0 Å². The number of carbonyl (C=O) groups is 3. The van der Waals surface area contributed by atoms with Crippen LogP contribution in [0.1, 0.15) is 0 Å². The number of hydrogen-bond donors (Lipinski definition) is 2. The fourth-order valence-electron chi connectivity index (χ4n) is 1.92. The predicted molar refractivity (Wildman–Crippen MR) is 87.6 cm³/mol. The van der Waals surface area contributed by atoms with Gasteiger partial charge in [-0.15, -0.1) is 0 Å². The van der Waals surface area contributed by atoms with Gasteiger partial charge >= 0.3 is 5.97 Å². The van der Waals surface area contributed by atoms with Gasteiger partial charge in [-0.25, -0.2) is 4.79 Å². The minimum Gasteiger partial charge on any atom is -0.481 e. The molecule has 2 amide bonds. The number of esters is 1. The molecule has 0 aliphatic rings. The monoisotopic (exact) mass is 350 g/mol. The number of benzene rings is 2. The maximum Gasteiger partial charge on any atom is 0.344 e.